The minimum absolute atomic E-state index is 0.473. The summed E-state index contributed by atoms with van der Waals surface area (Å²) in [5.74, 6) is 1.16. The average molecular weight is 271 g/mol. The number of nitrogens with zero attached hydrogens (tertiary/aromatic N) is 1. The van der Waals surface area contributed by atoms with Crippen molar-refractivity contribution in [2.45, 2.75) is 0 Å². The second-order valence-electron chi connectivity index (χ2n) is 4.09. The molecule has 0 saturated carbocycles. The van der Waals surface area contributed by atoms with Crippen LogP contribution in [0.5, 0.6) is 11.5 Å². The molecular formula is C15H11ClN2O. The molecule has 0 spiro atoms. The highest BCUT2D eigenvalue weighted by molar-refractivity contribution is 6.32. The minimum Gasteiger partial charge on any atom is -0.453 e. The zero-order valence-electron chi connectivity index (χ0n) is 10.0. The van der Waals surface area contributed by atoms with Crippen molar-refractivity contribution in [3.63, 3.8) is 0 Å². The van der Waals surface area contributed by atoms with Crippen LogP contribution in [0.3, 0.4) is 0 Å². The summed E-state index contributed by atoms with van der Waals surface area (Å²) in [7, 11) is 0. The summed E-state index contributed by atoms with van der Waals surface area (Å²) >= 11 is 6.11. The Morgan fingerprint density at radius 3 is 2.68 bits per heavy atom. The molecule has 0 unspecified atom stereocenters. The highest BCUT2D eigenvalue weighted by atomic mass is 35.5. The van der Waals surface area contributed by atoms with Crippen LogP contribution in [0.4, 0.5) is 5.69 Å². The Kier molecular flexibility index (Phi) is 2.97. The Labute approximate surface area is 115 Å². The Morgan fingerprint density at radius 2 is 1.84 bits per heavy atom. The fraction of sp³-hybridized carbons (Fsp3) is 0. The van der Waals surface area contributed by atoms with Gasteiger partial charge in [-0.05, 0) is 36.4 Å². The van der Waals surface area contributed by atoms with E-state index >= 15 is 0 Å². The predicted molar refractivity (Wildman–Crippen MR) is 77.7 cm³/mol. The number of nitrogens with two attached hydrogens (primary N) is 1. The van der Waals surface area contributed by atoms with Crippen LogP contribution in [0.2, 0.25) is 5.02 Å². The van der Waals surface area contributed by atoms with E-state index < -0.39 is 0 Å². The molecule has 0 fully saturated rings. The Morgan fingerprint density at radius 1 is 1.00 bits per heavy atom. The van der Waals surface area contributed by atoms with E-state index in [1.807, 2.05) is 30.3 Å². The van der Waals surface area contributed by atoms with Crippen LogP contribution in [-0.2, 0) is 0 Å². The van der Waals surface area contributed by atoms with Gasteiger partial charge in [0.15, 0.2) is 5.75 Å². The number of aromatic nitrogens is 1. The molecule has 0 aliphatic heterocycles. The first-order valence-corrected chi connectivity index (χ1v) is 6.19. The Hall–Kier alpha value is -2.26. The van der Waals surface area contributed by atoms with E-state index in [9.17, 15) is 0 Å². The van der Waals surface area contributed by atoms with Crippen LogP contribution in [0.15, 0.2) is 54.7 Å². The number of para-hydroxylation sites is 1. The lowest BCUT2D eigenvalue weighted by Gasteiger charge is -2.11. The summed E-state index contributed by atoms with van der Waals surface area (Å²) in [6, 6.07) is 14.8. The monoisotopic (exact) mass is 270 g/mol. The van der Waals surface area contributed by atoms with E-state index in [0.717, 1.165) is 10.9 Å². The Balaban J connectivity index is 2.11. The van der Waals surface area contributed by atoms with E-state index in [1.54, 1.807) is 24.4 Å². The second kappa shape index (κ2) is 4.78. The van der Waals surface area contributed by atoms with Gasteiger partial charge in [0.1, 0.15) is 5.75 Å². The third kappa shape index (κ3) is 2.20. The molecule has 0 saturated heterocycles. The molecule has 2 aromatic carbocycles. The normalized spacial score (nSPS) is 10.6. The molecule has 4 heteroatoms. The first kappa shape index (κ1) is 11.8. The topological polar surface area (TPSA) is 48.1 Å². The zero-order valence-corrected chi connectivity index (χ0v) is 10.8. The molecule has 2 N–H and O–H groups in total. The molecule has 19 heavy (non-hydrogen) atoms. The highest BCUT2D eigenvalue weighted by Gasteiger charge is 2.09. The van der Waals surface area contributed by atoms with Crippen LogP contribution < -0.4 is 10.5 Å². The van der Waals surface area contributed by atoms with Crippen molar-refractivity contribution < 1.29 is 4.74 Å². The molecule has 3 rings (SSSR count). The van der Waals surface area contributed by atoms with Gasteiger partial charge in [-0.2, -0.15) is 0 Å². The van der Waals surface area contributed by atoms with E-state index in [4.69, 9.17) is 22.1 Å². The number of halogens is 1. The maximum absolute atomic E-state index is 6.11. The first-order chi connectivity index (χ1) is 9.25. The molecule has 1 heterocycles. The largest absolute Gasteiger partial charge is 0.453 e. The Bertz CT molecular complexity index is 718. The number of benzene rings is 2. The number of rotatable bonds is 2. The summed E-state index contributed by atoms with van der Waals surface area (Å²) in [6.45, 7) is 0. The highest BCUT2D eigenvalue weighted by Crippen LogP contribution is 2.36. The molecule has 0 radical (unpaired) electrons. The molecule has 94 valence electrons. The third-order valence-corrected chi connectivity index (χ3v) is 3.11. The molecular weight excluding hydrogens is 260 g/mol. The summed E-state index contributed by atoms with van der Waals surface area (Å²) in [5, 5.41) is 1.41. The van der Waals surface area contributed by atoms with Crippen molar-refractivity contribution in [2.24, 2.45) is 0 Å². The fourth-order valence-corrected chi connectivity index (χ4v) is 2.13. The maximum Gasteiger partial charge on any atom is 0.168 e. The van der Waals surface area contributed by atoms with Crippen molar-refractivity contribution in [2.75, 3.05) is 5.73 Å². The van der Waals surface area contributed by atoms with Gasteiger partial charge in [-0.15, -0.1) is 0 Å². The predicted octanol–water partition coefficient (Wildman–Crippen LogP) is 4.26. The average Bonchev–Trinajstić information content (AvgIpc) is 2.43. The van der Waals surface area contributed by atoms with Crippen LogP contribution in [0.25, 0.3) is 10.9 Å². The van der Waals surface area contributed by atoms with E-state index in [1.165, 1.54) is 0 Å². The van der Waals surface area contributed by atoms with Crippen molar-refractivity contribution >= 4 is 28.2 Å². The molecule has 0 atom stereocenters. The summed E-state index contributed by atoms with van der Waals surface area (Å²) in [4.78, 5) is 4.28. The molecule has 0 amide bonds. The molecule has 3 aromatic rings. The number of nitrogen functional groups attached to an aromatic ring is 1. The molecule has 0 aliphatic rings. The first-order valence-electron chi connectivity index (χ1n) is 5.81. The van der Waals surface area contributed by atoms with Crippen LogP contribution in [0.1, 0.15) is 0 Å². The smallest absolute Gasteiger partial charge is 0.168 e. The molecule has 1 aromatic heterocycles. The lowest BCUT2D eigenvalue weighted by molar-refractivity contribution is 0.491. The lowest BCUT2D eigenvalue weighted by Crippen LogP contribution is -1.93. The standard InChI is InChI=1S/C15H11ClN2O/c16-11-5-1-6-12(17)15(11)19-14-8-2-7-13-10(14)4-3-9-18-13/h1-9H,17H2. The van der Waals surface area contributed by atoms with E-state index in [0.29, 0.717) is 22.2 Å². The zero-order chi connectivity index (χ0) is 13.2. The number of fused-ring (bicyclic) bond motifs is 1. The molecule has 0 bridgehead atoms. The SMILES string of the molecule is Nc1cccc(Cl)c1Oc1cccc2ncccc12. The van der Waals surface area contributed by atoms with Crippen molar-refractivity contribution in [1.29, 1.82) is 0 Å². The van der Waals surface area contributed by atoms with Gasteiger partial charge in [-0.1, -0.05) is 23.7 Å². The molecule has 0 aliphatic carbocycles. The van der Waals surface area contributed by atoms with E-state index in [2.05, 4.69) is 4.98 Å². The molecule has 3 nitrogen and oxygen atoms in total. The third-order valence-electron chi connectivity index (χ3n) is 2.82. The van der Waals surface area contributed by atoms with Crippen molar-refractivity contribution in [3.05, 3.63) is 59.8 Å². The van der Waals surface area contributed by atoms with Crippen molar-refractivity contribution in [1.82, 2.24) is 4.98 Å². The number of hydrogen-bond donors (Lipinski definition) is 1. The van der Waals surface area contributed by atoms with Gasteiger partial charge in [-0.3, -0.25) is 4.98 Å². The summed E-state index contributed by atoms with van der Waals surface area (Å²) in [5.41, 5.74) is 7.26. The van der Waals surface area contributed by atoms with Crippen LogP contribution >= 0.6 is 11.6 Å². The van der Waals surface area contributed by atoms with Gasteiger partial charge < -0.3 is 10.5 Å². The summed E-state index contributed by atoms with van der Waals surface area (Å²) < 4.78 is 5.86. The lowest BCUT2D eigenvalue weighted by atomic mass is 10.2. The second-order valence-corrected chi connectivity index (χ2v) is 4.49. The maximum atomic E-state index is 6.11. The van der Waals surface area contributed by atoms with Crippen LogP contribution in [-0.4, -0.2) is 4.98 Å². The van der Waals surface area contributed by atoms with Gasteiger partial charge in [0, 0.05) is 11.6 Å². The van der Waals surface area contributed by atoms with E-state index in [-0.39, 0.29) is 0 Å². The van der Waals surface area contributed by atoms with Gasteiger partial charge in [0.25, 0.3) is 0 Å². The minimum atomic E-state index is 0.473. The van der Waals surface area contributed by atoms with Crippen LogP contribution in [0, 0.1) is 0 Å². The summed E-state index contributed by atoms with van der Waals surface area (Å²) in [6.07, 6.45) is 1.75. The van der Waals surface area contributed by atoms with Gasteiger partial charge in [0.2, 0.25) is 0 Å². The van der Waals surface area contributed by atoms with Gasteiger partial charge in [0.05, 0.1) is 16.2 Å². The number of anilines is 1. The fourth-order valence-electron chi connectivity index (χ4n) is 1.91. The number of pyridine rings is 1. The van der Waals surface area contributed by atoms with Gasteiger partial charge in [-0.25, -0.2) is 0 Å². The quantitative estimate of drug-likeness (QED) is 0.708. The van der Waals surface area contributed by atoms with Crippen molar-refractivity contribution in [3.8, 4) is 11.5 Å². The number of hydrogen-bond acceptors (Lipinski definition) is 3. The van der Waals surface area contributed by atoms with Gasteiger partial charge >= 0.3 is 0 Å². The number of ether oxygens (including phenoxy) is 1.